The number of aliphatic carboxylic acids is 1. The van der Waals surface area contributed by atoms with Crippen molar-refractivity contribution in [3.63, 3.8) is 0 Å². The van der Waals surface area contributed by atoms with E-state index in [4.69, 9.17) is 0 Å². The van der Waals surface area contributed by atoms with Crippen LogP contribution < -0.4 is 10.4 Å². The van der Waals surface area contributed by atoms with E-state index in [1.165, 1.54) is 0 Å². The van der Waals surface area contributed by atoms with Gasteiger partial charge in [-0.05, 0) is 37.3 Å². The minimum Gasteiger partial charge on any atom is -0.550 e. The molecule has 4 nitrogen and oxygen atoms in total. The first-order valence-electron chi connectivity index (χ1n) is 7.29. The number of carbonyl (C=O) groups is 2. The lowest BCUT2D eigenvalue weighted by molar-refractivity contribution is -0.313. The van der Waals surface area contributed by atoms with Crippen LogP contribution in [0.4, 0.5) is 5.69 Å². The van der Waals surface area contributed by atoms with E-state index < -0.39 is 17.8 Å². The number of benzene rings is 1. The van der Waals surface area contributed by atoms with E-state index in [2.05, 4.69) is 5.32 Å². The molecule has 0 unspecified atom stereocenters. The third-order valence-electron chi connectivity index (χ3n) is 4.06. The Labute approximate surface area is 124 Å². The lowest BCUT2D eigenvalue weighted by Crippen LogP contribution is -2.41. The third kappa shape index (κ3) is 3.32. The number of hydrogen-bond donors (Lipinski definition) is 1. The largest absolute Gasteiger partial charge is 0.550 e. The van der Waals surface area contributed by atoms with Crippen molar-refractivity contribution >= 4 is 17.6 Å². The van der Waals surface area contributed by atoms with Crippen molar-refractivity contribution in [3.8, 4) is 0 Å². The van der Waals surface area contributed by atoms with Crippen molar-refractivity contribution in [2.24, 2.45) is 11.8 Å². The van der Waals surface area contributed by atoms with Gasteiger partial charge in [-0.2, -0.15) is 0 Å². The van der Waals surface area contributed by atoms with Crippen LogP contribution in [0.5, 0.6) is 0 Å². The number of nitrogens with one attached hydrogen (secondary N) is 1. The van der Waals surface area contributed by atoms with Crippen LogP contribution in [-0.4, -0.2) is 11.9 Å². The molecule has 112 valence electrons. The number of aryl methyl sites for hydroxylation is 2. The Hall–Kier alpha value is -2.10. The lowest BCUT2D eigenvalue weighted by atomic mass is 9.82. The highest BCUT2D eigenvalue weighted by molar-refractivity contribution is 5.96. The van der Waals surface area contributed by atoms with E-state index in [1.807, 2.05) is 38.1 Å². The van der Waals surface area contributed by atoms with E-state index in [0.717, 1.165) is 23.2 Å². The van der Waals surface area contributed by atoms with Crippen LogP contribution in [0.1, 0.15) is 30.9 Å². The monoisotopic (exact) mass is 286 g/mol. The van der Waals surface area contributed by atoms with Crippen LogP contribution in [0.25, 0.3) is 0 Å². The molecular formula is C17H20NO3-. The second kappa shape index (κ2) is 6.57. The Balaban J connectivity index is 2.21. The van der Waals surface area contributed by atoms with Gasteiger partial charge in [0, 0.05) is 17.6 Å². The Morgan fingerprint density at radius 1 is 1.24 bits per heavy atom. The third-order valence-corrected chi connectivity index (χ3v) is 4.06. The van der Waals surface area contributed by atoms with E-state index in [-0.39, 0.29) is 5.91 Å². The number of carboxylic acid groups (broad SMARTS) is 1. The van der Waals surface area contributed by atoms with Gasteiger partial charge in [0.15, 0.2) is 0 Å². The topological polar surface area (TPSA) is 69.2 Å². The van der Waals surface area contributed by atoms with Crippen molar-refractivity contribution < 1.29 is 14.7 Å². The Bertz CT molecular complexity index is 577. The molecule has 1 aromatic carbocycles. The predicted octanol–water partition coefficient (Wildman–Crippen LogP) is 1.83. The Morgan fingerprint density at radius 3 is 2.52 bits per heavy atom. The number of hydrogen-bond acceptors (Lipinski definition) is 3. The van der Waals surface area contributed by atoms with Gasteiger partial charge in [0.1, 0.15) is 0 Å². The van der Waals surface area contributed by atoms with E-state index in [0.29, 0.717) is 12.8 Å². The molecule has 1 aliphatic rings. The van der Waals surface area contributed by atoms with Crippen LogP contribution in [0, 0.1) is 18.8 Å². The molecule has 0 aromatic heterocycles. The highest BCUT2D eigenvalue weighted by Crippen LogP contribution is 2.28. The Kier molecular flexibility index (Phi) is 4.78. The fourth-order valence-corrected chi connectivity index (χ4v) is 2.78. The predicted molar refractivity (Wildman–Crippen MR) is 79.5 cm³/mol. The van der Waals surface area contributed by atoms with E-state index >= 15 is 0 Å². The fourth-order valence-electron chi connectivity index (χ4n) is 2.78. The highest BCUT2D eigenvalue weighted by atomic mass is 16.4. The number of para-hydroxylation sites is 1. The zero-order valence-corrected chi connectivity index (χ0v) is 12.4. The van der Waals surface area contributed by atoms with Gasteiger partial charge in [-0.1, -0.05) is 37.3 Å². The normalized spacial score (nSPS) is 21.0. The second-order valence-corrected chi connectivity index (χ2v) is 5.43. The standard InChI is InChI=1S/C17H21NO3/c1-3-12-8-6-7-11(2)15(12)18-16(19)13-9-4-5-10-14(13)17(20)21/h4-8,13-14H,3,9-10H2,1-2H3,(H,18,19)(H,20,21)/p-1/t13-,14+/m0/s1. The van der Waals surface area contributed by atoms with Gasteiger partial charge >= 0.3 is 0 Å². The van der Waals surface area contributed by atoms with Crippen molar-refractivity contribution in [1.29, 1.82) is 0 Å². The molecule has 0 aliphatic heterocycles. The van der Waals surface area contributed by atoms with Crippen LogP contribution in [0.2, 0.25) is 0 Å². The molecule has 4 heteroatoms. The quantitative estimate of drug-likeness (QED) is 0.858. The number of allylic oxidation sites excluding steroid dienone is 2. The molecule has 1 N–H and O–H groups in total. The number of carboxylic acids is 1. The number of amides is 1. The first-order valence-corrected chi connectivity index (χ1v) is 7.29. The molecule has 0 saturated carbocycles. The van der Waals surface area contributed by atoms with Crippen LogP contribution in [-0.2, 0) is 16.0 Å². The van der Waals surface area contributed by atoms with Gasteiger partial charge < -0.3 is 15.2 Å². The molecular weight excluding hydrogens is 266 g/mol. The number of anilines is 1. The molecule has 1 amide bonds. The first kappa shape index (κ1) is 15.3. The van der Waals surface area contributed by atoms with Gasteiger partial charge in [0.2, 0.25) is 5.91 Å². The molecule has 2 rings (SSSR count). The molecule has 2 atom stereocenters. The minimum atomic E-state index is -1.15. The summed E-state index contributed by atoms with van der Waals surface area (Å²) in [5.74, 6) is -2.70. The zero-order valence-electron chi connectivity index (χ0n) is 12.4. The molecule has 0 radical (unpaired) electrons. The summed E-state index contributed by atoms with van der Waals surface area (Å²) >= 11 is 0. The smallest absolute Gasteiger partial charge is 0.228 e. The van der Waals surface area contributed by atoms with Gasteiger partial charge in [-0.3, -0.25) is 4.79 Å². The molecule has 0 spiro atoms. The van der Waals surface area contributed by atoms with Crippen LogP contribution >= 0.6 is 0 Å². The lowest BCUT2D eigenvalue weighted by Gasteiger charge is -2.28. The zero-order chi connectivity index (χ0) is 15.4. The fraction of sp³-hybridized carbons (Fsp3) is 0.412. The second-order valence-electron chi connectivity index (χ2n) is 5.43. The molecule has 0 saturated heterocycles. The maximum atomic E-state index is 12.5. The molecule has 1 aliphatic carbocycles. The summed E-state index contributed by atoms with van der Waals surface area (Å²) in [6.45, 7) is 3.96. The maximum Gasteiger partial charge on any atom is 0.228 e. The number of rotatable bonds is 4. The molecule has 0 fully saturated rings. The van der Waals surface area contributed by atoms with Crippen LogP contribution in [0.15, 0.2) is 30.4 Å². The van der Waals surface area contributed by atoms with Crippen molar-refractivity contribution in [2.75, 3.05) is 5.32 Å². The molecule has 0 heterocycles. The summed E-state index contributed by atoms with van der Waals surface area (Å²) in [7, 11) is 0. The van der Waals surface area contributed by atoms with E-state index in [9.17, 15) is 14.7 Å². The summed E-state index contributed by atoms with van der Waals surface area (Å²) in [5.41, 5.74) is 2.84. The van der Waals surface area contributed by atoms with E-state index in [1.54, 1.807) is 6.08 Å². The van der Waals surface area contributed by atoms with Crippen LogP contribution in [0.3, 0.4) is 0 Å². The average Bonchev–Trinajstić information content (AvgIpc) is 2.49. The summed E-state index contributed by atoms with van der Waals surface area (Å²) < 4.78 is 0. The van der Waals surface area contributed by atoms with Gasteiger partial charge in [-0.15, -0.1) is 0 Å². The van der Waals surface area contributed by atoms with Gasteiger partial charge in [-0.25, -0.2) is 0 Å². The summed E-state index contributed by atoms with van der Waals surface area (Å²) in [4.78, 5) is 23.7. The van der Waals surface area contributed by atoms with Gasteiger partial charge in [0.05, 0.1) is 5.92 Å². The minimum absolute atomic E-state index is 0.238. The molecule has 0 bridgehead atoms. The first-order chi connectivity index (χ1) is 10.0. The highest BCUT2D eigenvalue weighted by Gasteiger charge is 2.30. The summed E-state index contributed by atoms with van der Waals surface area (Å²) in [5, 5.41) is 14.1. The molecule has 1 aromatic rings. The van der Waals surface area contributed by atoms with Crippen molar-refractivity contribution in [3.05, 3.63) is 41.5 Å². The van der Waals surface area contributed by atoms with Crippen molar-refractivity contribution in [2.45, 2.75) is 33.1 Å². The maximum absolute atomic E-state index is 12.5. The number of carbonyl (C=O) groups excluding carboxylic acids is 2. The molecule has 21 heavy (non-hydrogen) atoms. The van der Waals surface area contributed by atoms with Crippen molar-refractivity contribution in [1.82, 2.24) is 0 Å². The Morgan fingerprint density at radius 2 is 1.90 bits per heavy atom. The summed E-state index contributed by atoms with van der Waals surface area (Å²) in [6.07, 6.45) is 5.27. The average molecular weight is 286 g/mol. The summed E-state index contributed by atoms with van der Waals surface area (Å²) in [6, 6.07) is 5.86. The SMILES string of the molecule is CCc1cccc(C)c1NC(=O)[C@H]1CC=CC[C@H]1C(=O)[O-]. The van der Waals surface area contributed by atoms with Gasteiger partial charge in [0.25, 0.3) is 0 Å².